The molecule has 0 aromatic heterocycles. The van der Waals surface area contributed by atoms with Crippen LogP contribution in [0.5, 0.6) is 5.75 Å². The molecule has 0 saturated carbocycles. The smallest absolute Gasteiger partial charge is 0.310 e. The molecule has 0 heterocycles. The van der Waals surface area contributed by atoms with Gasteiger partial charge in [-0.3, -0.25) is 4.79 Å². The first-order valence-corrected chi connectivity index (χ1v) is 4.61. The molecule has 0 aliphatic rings. The fourth-order valence-corrected chi connectivity index (χ4v) is 1.26. The lowest BCUT2D eigenvalue weighted by Crippen LogP contribution is -2.09. The van der Waals surface area contributed by atoms with E-state index in [1.54, 1.807) is 19.1 Å². The first-order chi connectivity index (χ1) is 6.66. The van der Waals surface area contributed by atoms with E-state index in [0.29, 0.717) is 12.4 Å². The Morgan fingerprint density at radius 1 is 1.50 bits per heavy atom. The lowest BCUT2D eigenvalue weighted by Gasteiger charge is -2.12. The van der Waals surface area contributed by atoms with Gasteiger partial charge in [0.05, 0.1) is 12.5 Å². The van der Waals surface area contributed by atoms with Crippen LogP contribution in [0.3, 0.4) is 0 Å². The van der Waals surface area contributed by atoms with E-state index in [4.69, 9.17) is 9.84 Å². The molecule has 76 valence electrons. The third kappa shape index (κ3) is 2.25. The van der Waals surface area contributed by atoms with E-state index < -0.39 is 11.9 Å². The maximum Gasteiger partial charge on any atom is 0.310 e. The molecule has 1 aromatic carbocycles. The van der Waals surface area contributed by atoms with Crippen molar-refractivity contribution in [3.05, 3.63) is 29.8 Å². The van der Waals surface area contributed by atoms with Crippen molar-refractivity contribution in [3.8, 4) is 5.75 Å². The Hall–Kier alpha value is -1.51. The van der Waals surface area contributed by atoms with Crippen LogP contribution in [0.25, 0.3) is 0 Å². The predicted octanol–water partition coefficient (Wildman–Crippen LogP) is 2.27. The molecule has 1 rings (SSSR count). The van der Waals surface area contributed by atoms with E-state index in [9.17, 15) is 4.79 Å². The number of carboxylic acid groups (broad SMARTS) is 1. The summed E-state index contributed by atoms with van der Waals surface area (Å²) < 4.78 is 5.34. The molecule has 0 bridgehead atoms. The van der Waals surface area contributed by atoms with Crippen LogP contribution in [0.15, 0.2) is 24.3 Å². The van der Waals surface area contributed by atoms with Crippen LogP contribution in [0.4, 0.5) is 0 Å². The number of hydrogen-bond acceptors (Lipinski definition) is 2. The van der Waals surface area contributed by atoms with Crippen LogP contribution in [0.2, 0.25) is 0 Å². The van der Waals surface area contributed by atoms with Gasteiger partial charge in [-0.2, -0.15) is 0 Å². The van der Waals surface area contributed by atoms with E-state index in [-0.39, 0.29) is 0 Å². The lowest BCUT2D eigenvalue weighted by atomic mass is 10.0. The number of para-hydroxylation sites is 1. The summed E-state index contributed by atoms with van der Waals surface area (Å²) in [6, 6.07) is 7.22. The molecule has 14 heavy (non-hydrogen) atoms. The summed E-state index contributed by atoms with van der Waals surface area (Å²) >= 11 is 0. The third-order valence-corrected chi connectivity index (χ3v) is 2.06. The van der Waals surface area contributed by atoms with Crippen molar-refractivity contribution < 1.29 is 14.6 Å². The van der Waals surface area contributed by atoms with E-state index in [0.717, 1.165) is 5.56 Å². The van der Waals surface area contributed by atoms with Gasteiger partial charge in [0.25, 0.3) is 0 Å². The molecule has 0 amide bonds. The minimum atomic E-state index is -0.836. The highest BCUT2D eigenvalue weighted by Gasteiger charge is 2.17. The first-order valence-electron chi connectivity index (χ1n) is 4.61. The Morgan fingerprint density at radius 2 is 2.14 bits per heavy atom. The first kappa shape index (κ1) is 10.6. The van der Waals surface area contributed by atoms with Gasteiger partial charge in [0.15, 0.2) is 0 Å². The second-order valence-corrected chi connectivity index (χ2v) is 3.03. The Balaban J connectivity index is 3.00. The SMILES string of the molecule is CCOc1ccccc1C(C)C(=O)O. The number of hydrogen-bond donors (Lipinski definition) is 1. The number of carbonyl (C=O) groups is 1. The molecule has 1 atom stereocenters. The van der Waals surface area contributed by atoms with Crippen molar-refractivity contribution in [1.29, 1.82) is 0 Å². The van der Waals surface area contributed by atoms with Gasteiger partial charge in [0, 0.05) is 5.56 Å². The standard InChI is InChI=1S/C11H14O3/c1-3-14-10-7-5-4-6-9(10)8(2)11(12)13/h4-8H,3H2,1-2H3,(H,12,13). The maximum atomic E-state index is 10.8. The summed E-state index contributed by atoms with van der Waals surface area (Å²) in [5, 5.41) is 8.87. The zero-order valence-electron chi connectivity index (χ0n) is 8.36. The molecule has 1 N–H and O–H groups in total. The summed E-state index contributed by atoms with van der Waals surface area (Å²) in [7, 11) is 0. The fourth-order valence-electron chi connectivity index (χ4n) is 1.26. The van der Waals surface area contributed by atoms with Gasteiger partial charge in [-0.15, -0.1) is 0 Å². The van der Waals surface area contributed by atoms with E-state index >= 15 is 0 Å². The number of benzene rings is 1. The van der Waals surface area contributed by atoms with Crippen LogP contribution in [-0.2, 0) is 4.79 Å². The van der Waals surface area contributed by atoms with Gasteiger partial charge in [-0.1, -0.05) is 18.2 Å². The Kier molecular flexibility index (Phi) is 3.51. The van der Waals surface area contributed by atoms with Crippen molar-refractivity contribution in [2.75, 3.05) is 6.61 Å². The molecule has 0 aliphatic carbocycles. The molecule has 0 radical (unpaired) electrons. The van der Waals surface area contributed by atoms with Crippen LogP contribution >= 0.6 is 0 Å². The fraction of sp³-hybridized carbons (Fsp3) is 0.364. The molecular weight excluding hydrogens is 180 g/mol. The zero-order valence-corrected chi connectivity index (χ0v) is 8.36. The van der Waals surface area contributed by atoms with Crippen molar-refractivity contribution >= 4 is 5.97 Å². The predicted molar refractivity (Wildman–Crippen MR) is 53.7 cm³/mol. The molecule has 0 saturated heterocycles. The number of rotatable bonds is 4. The highest BCUT2D eigenvalue weighted by atomic mass is 16.5. The van der Waals surface area contributed by atoms with E-state index in [1.165, 1.54) is 0 Å². The molecule has 3 nitrogen and oxygen atoms in total. The highest BCUT2D eigenvalue weighted by molar-refractivity contribution is 5.76. The van der Waals surface area contributed by atoms with Gasteiger partial charge in [0.1, 0.15) is 5.75 Å². The molecule has 0 fully saturated rings. The van der Waals surface area contributed by atoms with Crippen molar-refractivity contribution in [3.63, 3.8) is 0 Å². The van der Waals surface area contributed by atoms with E-state index in [1.807, 2.05) is 19.1 Å². The third-order valence-electron chi connectivity index (χ3n) is 2.06. The topological polar surface area (TPSA) is 46.5 Å². The highest BCUT2D eigenvalue weighted by Crippen LogP contribution is 2.26. The van der Waals surface area contributed by atoms with Crippen LogP contribution in [0.1, 0.15) is 25.3 Å². The molecule has 1 aromatic rings. The van der Waals surface area contributed by atoms with Crippen molar-refractivity contribution in [2.45, 2.75) is 19.8 Å². The minimum absolute atomic E-state index is 0.530. The van der Waals surface area contributed by atoms with Crippen LogP contribution < -0.4 is 4.74 Å². The van der Waals surface area contributed by atoms with E-state index in [2.05, 4.69) is 0 Å². The summed E-state index contributed by atoms with van der Waals surface area (Å²) in [5.74, 6) is -0.709. The summed E-state index contributed by atoms with van der Waals surface area (Å²) in [4.78, 5) is 10.8. The molecule has 1 unspecified atom stereocenters. The quantitative estimate of drug-likeness (QED) is 0.799. The normalized spacial score (nSPS) is 12.1. The number of carboxylic acids is 1. The average Bonchev–Trinajstić information content (AvgIpc) is 2.18. The molecule has 0 spiro atoms. The van der Waals surface area contributed by atoms with Crippen molar-refractivity contribution in [2.24, 2.45) is 0 Å². The van der Waals surface area contributed by atoms with Gasteiger partial charge < -0.3 is 9.84 Å². The summed E-state index contributed by atoms with van der Waals surface area (Å²) in [5.41, 5.74) is 0.724. The largest absolute Gasteiger partial charge is 0.494 e. The Labute approximate surface area is 83.3 Å². The van der Waals surface area contributed by atoms with Crippen molar-refractivity contribution in [1.82, 2.24) is 0 Å². The summed E-state index contributed by atoms with van der Waals surface area (Å²) in [6.45, 7) is 4.08. The second kappa shape index (κ2) is 4.65. The second-order valence-electron chi connectivity index (χ2n) is 3.03. The molecular formula is C11H14O3. The van der Waals surface area contributed by atoms with Gasteiger partial charge in [0.2, 0.25) is 0 Å². The van der Waals surface area contributed by atoms with Gasteiger partial charge in [-0.05, 0) is 19.9 Å². The summed E-state index contributed by atoms with van der Waals surface area (Å²) in [6.07, 6.45) is 0. The maximum absolute atomic E-state index is 10.8. The molecule has 3 heteroatoms. The van der Waals surface area contributed by atoms with Gasteiger partial charge >= 0.3 is 5.97 Å². The average molecular weight is 194 g/mol. The Bertz CT molecular complexity index is 320. The van der Waals surface area contributed by atoms with Crippen LogP contribution in [0, 0.1) is 0 Å². The number of aliphatic carboxylic acids is 1. The number of ether oxygens (including phenoxy) is 1. The monoisotopic (exact) mass is 194 g/mol. The van der Waals surface area contributed by atoms with Crippen LogP contribution in [-0.4, -0.2) is 17.7 Å². The minimum Gasteiger partial charge on any atom is -0.494 e. The van der Waals surface area contributed by atoms with Gasteiger partial charge in [-0.25, -0.2) is 0 Å². The zero-order chi connectivity index (χ0) is 10.6. The Morgan fingerprint density at radius 3 is 2.71 bits per heavy atom. The lowest BCUT2D eigenvalue weighted by molar-refractivity contribution is -0.138. The molecule has 0 aliphatic heterocycles.